The van der Waals surface area contributed by atoms with Crippen LogP contribution in [0.1, 0.15) is 29.7 Å². The van der Waals surface area contributed by atoms with Crippen LogP contribution in [0.3, 0.4) is 0 Å². The van der Waals surface area contributed by atoms with Crippen molar-refractivity contribution in [3.05, 3.63) is 65.0 Å². The average molecular weight is 259 g/mol. The number of aryl methyl sites for hydroxylation is 1. The van der Waals surface area contributed by atoms with Gasteiger partial charge in [0, 0.05) is 11.7 Å². The minimum Gasteiger partial charge on any atom is -0.392 e. The maximum absolute atomic E-state index is 13.2. The second-order valence-corrected chi connectivity index (χ2v) is 4.73. The molecule has 1 unspecified atom stereocenters. The molecule has 0 radical (unpaired) electrons. The summed E-state index contributed by atoms with van der Waals surface area (Å²) in [6.07, 6.45) is 0. The molecule has 0 saturated heterocycles. The zero-order chi connectivity index (χ0) is 13.8. The summed E-state index contributed by atoms with van der Waals surface area (Å²) < 4.78 is 13.2. The van der Waals surface area contributed by atoms with Crippen LogP contribution in [0.15, 0.2) is 42.5 Å². The molecule has 2 aromatic rings. The van der Waals surface area contributed by atoms with Gasteiger partial charge >= 0.3 is 0 Å². The van der Waals surface area contributed by atoms with Crippen molar-refractivity contribution in [2.75, 3.05) is 5.32 Å². The molecular formula is C16H18FNO. The molecule has 0 aliphatic heterocycles. The van der Waals surface area contributed by atoms with Gasteiger partial charge in [0.2, 0.25) is 0 Å². The standard InChI is InChI=1S/C16H18FNO/c1-11-6-7-15(17)9-16(11)18-12(2)14-5-3-4-13(8-14)10-19/h3-9,12,18-19H,10H2,1-2H3. The molecule has 0 aliphatic carbocycles. The zero-order valence-corrected chi connectivity index (χ0v) is 11.2. The molecule has 0 aliphatic rings. The third kappa shape index (κ3) is 3.32. The average Bonchev–Trinajstić information content (AvgIpc) is 2.43. The van der Waals surface area contributed by atoms with Crippen molar-refractivity contribution in [1.29, 1.82) is 0 Å². The highest BCUT2D eigenvalue weighted by atomic mass is 19.1. The number of hydrogen-bond donors (Lipinski definition) is 2. The van der Waals surface area contributed by atoms with E-state index < -0.39 is 0 Å². The minimum absolute atomic E-state index is 0.0273. The molecular weight excluding hydrogens is 241 g/mol. The first-order valence-electron chi connectivity index (χ1n) is 6.32. The lowest BCUT2D eigenvalue weighted by molar-refractivity contribution is 0.281. The summed E-state index contributed by atoms with van der Waals surface area (Å²) in [6.45, 7) is 3.99. The molecule has 1 atom stereocenters. The Morgan fingerprint density at radius 1 is 1.21 bits per heavy atom. The van der Waals surface area contributed by atoms with Gasteiger partial charge in [0.25, 0.3) is 0 Å². The van der Waals surface area contributed by atoms with E-state index in [0.29, 0.717) is 0 Å². The highest BCUT2D eigenvalue weighted by Gasteiger charge is 2.08. The molecule has 2 aromatic carbocycles. The van der Waals surface area contributed by atoms with Gasteiger partial charge < -0.3 is 10.4 Å². The molecule has 3 heteroatoms. The van der Waals surface area contributed by atoms with Gasteiger partial charge in [0.15, 0.2) is 0 Å². The second kappa shape index (κ2) is 5.85. The summed E-state index contributed by atoms with van der Waals surface area (Å²) in [4.78, 5) is 0. The Labute approximate surface area is 112 Å². The fraction of sp³-hybridized carbons (Fsp3) is 0.250. The normalized spacial score (nSPS) is 12.2. The molecule has 0 saturated carbocycles. The van der Waals surface area contributed by atoms with Gasteiger partial charge in [-0.2, -0.15) is 0 Å². The van der Waals surface area contributed by atoms with Gasteiger partial charge in [0.05, 0.1) is 6.61 Å². The predicted molar refractivity (Wildman–Crippen MR) is 75.5 cm³/mol. The van der Waals surface area contributed by atoms with Crippen molar-refractivity contribution in [3.8, 4) is 0 Å². The minimum atomic E-state index is -0.246. The van der Waals surface area contributed by atoms with E-state index in [1.807, 2.05) is 38.1 Å². The number of aliphatic hydroxyl groups excluding tert-OH is 1. The van der Waals surface area contributed by atoms with E-state index in [4.69, 9.17) is 5.11 Å². The van der Waals surface area contributed by atoms with Crippen LogP contribution in [0.5, 0.6) is 0 Å². The lowest BCUT2D eigenvalue weighted by Crippen LogP contribution is -2.08. The topological polar surface area (TPSA) is 32.3 Å². The Bertz CT molecular complexity index is 568. The molecule has 0 bridgehead atoms. The number of aliphatic hydroxyl groups is 1. The van der Waals surface area contributed by atoms with E-state index in [0.717, 1.165) is 22.4 Å². The molecule has 19 heavy (non-hydrogen) atoms. The van der Waals surface area contributed by atoms with E-state index in [1.54, 1.807) is 6.07 Å². The maximum atomic E-state index is 13.2. The second-order valence-electron chi connectivity index (χ2n) is 4.73. The van der Waals surface area contributed by atoms with E-state index >= 15 is 0 Å². The number of nitrogens with one attached hydrogen (secondary N) is 1. The van der Waals surface area contributed by atoms with Crippen LogP contribution >= 0.6 is 0 Å². The third-order valence-electron chi connectivity index (χ3n) is 3.21. The molecule has 0 amide bonds. The molecule has 0 spiro atoms. The SMILES string of the molecule is Cc1ccc(F)cc1NC(C)c1cccc(CO)c1. The Kier molecular flexibility index (Phi) is 4.17. The smallest absolute Gasteiger partial charge is 0.125 e. The first-order valence-corrected chi connectivity index (χ1v) is 6.32. The Morgan fingerprint density at radius 2 is 2.00 bits per heavy atom. The zero-order valence-electron chi connectivity index (χ0n) is 11.2. The van der Waals surface area contributed by atoms with Crippen LogP contribution in [0, 0.1) is 12.7 Å². The Balaban J connectivity index is 2.20. The largest absolute Gasteiger partial charge is 0.392 e. The van der Waals surface area contributed by atoms with E-state index in [9.17, 15) is 4.39 Å². The summed E-state index contributed by atoms with van der Waals surface area (Å²) in [6, 6.07) is 12.5. The van der Waals surface area contributed by atoms with Crippen LogP contribution in [-0.2, 0) is 6.61 Å². The van der Waals surface area contributed by atoms with Crippen molar-refractivity contribution in [2.24, 2.45) is 0 Å². The fourth-order valence-electron chi connectivity index (χ4n) is 2.03. The monoisotopic (exact) mass is 259 g/mol. The summed E-state index contributed by atoms with van der Waals surface area (Å²) in [5.74, 6) is -0.246. The molecule has 0 aromatic heterocycles. The van der Waals surface area contributed by atoms with Crippen LogP contribution < -0.4 is 5.32 Å². The Hall–Kier alpha value is -1.87. The summed E-state index contributed by atoms with van der Waals surface area (Å²) in [7, 11) is 0. The first kappa shape index (κ1) is 13.6. The van der Waals surface area contributed by atoms with Crippen LogP contribution in [0.2, 0.25) is 0 Å². The number of hydrogen-bond acceptors (Lipinski definition) is 2. The van der Waals surface area contributed by atoms with Crippen LogP contribution in [0.4, 0.5) is 10.1 Å². The van der Waals surface area contributed by atoms with Crippen LogP contribution in [0.25, 0.3) is 0 Å². The third-order valence-corrected chi connectivity index (χ3v) is 3.21. The molecule has 2 nitrogen and oxygen atoms in total. The number of benzene rings is 2. The van der Waals surface area contributed by atoms with E-state index in [-0.39, 0.29) is 18.5 Å². The van der Waals surface area contributed by atoms with Crippen molar-refractivity contribution >= 4 is 5.69 Å². The number of rotatable bonds is 4. The van der Waals surface area contributed by atoms with Gasteiger partial charge in [-0.25, -0.2) is 4.39 Å². The van der Waals surface area contributed by atoms with E-state index in [1.165, 1.54) is 12.1 Å². The van der Waals surface area contributed by atoms with Gasteiger partial charge in [-0.15, -0.1) is 0 Å². The van der Waals surface area contributed by atoms with Gasteiger partial charge in [-0.3, -0.25) is 0 Å². The predicted octanol–water partition coefficient (Wildman–Crippen LogP) is 3.80. The van der Waals surface area contributed by atoms with Crippen molar-refractivity contribution in [1.82, 2.24) is 0 Å². The quantitative estimate of drug-likeness (QED) is 0.875. The van der Waals surface area contributed by atoms with E-state index in [2.05, 4.69) is 5.32 Å². The number of halogens is 1. The van der Waals surface area contributed by atoms with Gasteiger partial charge in [-0.05, 0) is 42.7 Å². The molecule has 100 valence electrons. The highest BCUT2D eigenvalue weighted by molar-refractivity contribution is 5.52. The van der Waals surface area contributed by atoms with Gasteiger partial charge in [-0.1, -0.05) is 30.3 Å². The summed E-state index contributed by atoms with van der Waals surface area (Å²) in [5.41, 5.74) is 3.74. The molecule has 0 heterocycles. The molecule has 2 N–H and O–H groups in total. The fourth-order valence-corrected chi connectivity index (χ4v) is 2.03. The van der Waals surface area contributed by atoms with Crippen LogP contribution in [-0.4, -0.2) is 5.11 Å². The molecule has 0 fully saturated rings. The lowest BCUT2D eigenvalue weighted by atomic mass is 10.0. The van der Waals surface area contributed by atoms with Crippen molar-refractivity contribution in [3.63, 3.8) is 0 Å². The lowest BCUT2D eigenvalue weighted by Gasteiger charge is -2.18. The number of anilines is 1. The summed E-state index contributed by atoms with van der Waals surface area (Å²) in [5, 5.41) is 12.4. The highest BCUT2D eigenvalue weighted by Crippen LogP contribution is 2.23. The van der Waals surface area contributed by atoms with Crippen molar-refractivity contribution in [2.45, 2.75) is 26.5 Å². The van der Waals surface area contributed by atoms with Gasteiger partial charge in [0.1, 0.15) is 5.82 Å². The molecule has 2 rings (SSSR count). The maximum Gasteiger partial charge on any atom is 0.125 e. The first-order chi connectivity index (χ1) is 9.10. The Morgan fingerprint density at radius 3 is 2.74 bits per heavy atom. The summed E-state index contributed by atoms with van der Waals surface area (Å²) >= 11 is 0. The van der Waals surface area contributed by atoms with Crippen molar-refractivity contribution < 1.29 is 9.50 Å².